The van der Waals surface area contributed by atoms with Crippen molar-refractivity contribution < 1.29 is 25.8 Å². The molecule has 0 saturated carbocycles. The average molecular weight is 672 g/mol. The van der Waals surface area contributed by atoms with Gasteiger partial charge in [0, 0.05) is 41.3 Å². The number of hydrogen-bond donors (Lipinski definition) is 0. The summed E-state index contributed by atoms with van der Waals surface area (Å²) in [6.07, 6.45) is 5.54. The molecule has 5 nitrogen and oxygen atoms in total. The molecule has 184 valence electrons. The number of nitrogens with zero attached hydrogens (tertiary/aromatic N) is 4. The van der Waals surface area contributed by atoms with E-state index in [0.29, 0.717) is 11.5 Å². The number of imidazole rings is 1. The topological polar surface area (TPSA) is 44.9 Å². The van der Waals surface area contributed by atoms with E-state index in [1.54, 1.807) is 12.4 Å². The summed E-state index contributed by atoms with van der Waals surface area (Å²) in [5.74, 6) is 2.83. The van der Waals surface area contributed by atoms with Crippen LogP contribution < -0.4 is 4.74 Å². The molecule has 0 aliphatic heterocycles. The molecule has 0 atom stereocenters. The second kappa shape index (κ2) is 10.1. The summed E-state index contributed by atoms with van der Waals surface area (Å²) in [5.41, 5.74) is 3.87. The van der Waals surface area contributed by atoms with Crippen molar-refractivity contribution in [1.82, 2.24) is 19.1 Å². The van der Waals surface area contributed by atoms with Gasteiger partial charge in [0.2, 0.25) is 0 Å². The number of para-hydroxylation sites is 2. The molecular weight excluding hydrogens is 651 g/mol. The van der Waals surface area contributed by atoms with Crippen molar-refractivity contribution in [3.8, 4) is 34.4 Å². The van der Waals surface area contributed by atoms with Crippen LogP contribution in [0, 0.1) is 12.1 Å². The van der Waals surface area contributed by atoms with Crippen LogP contribution in [-0.4, -0.2) is 19.1 Å². The zero-order chi connectivity index (χ0) is 24.6. The maximum absolute atomic E-state index is 6.28. The normalized spacial score (nSPS) is 10.9. The van der Waals surface area contributed by atoms with Crippen LogP contribution in [0.1, 0.15) is 0 Å². The molecule has 7 aromatic rings. The number of ether oxygens (including phenoxy) is 1. The van der Waals surface area contributed by atoms with Gasteiger partial charge in [-0.2, -0.15) is 6.07 Å². The Kier molecular flexibility index (Phi) is 6.36. The maximum atomic E-state index is 6.28. The molecule has 0 bridgehead atoms. The van der Waals surface area contributed by atoms with E-state index in [9.17, 15) is 0 Å². The third kappa shape index (κ3) is 4.21. The van der Waals surface area contributed by atoms with Gasteiger partial charge in [0.15, 0.2) is 0 Å². The van der Waals surface area contributed by atoms with Crippen molar-refractivity contribution in [2.45, 2.75) is 0 Å². The van der Waals surface area contributed by atoms with Gasteiger partial charge in [-0.3, -0.25) is 4.98 Å². The third-order valence-electron chi connectivity index (χ3n) is 6.34. The van der Waals surface area contributed by atoms with Gasteiger partial charge >= 0.3 is 21.1 Å². The van der Waals surface area contributed by atoms with E-state index in [1.165, 1.54) is 0 Å². The molecule has 4 aromatic carbocycles. The van der Waals surface area contributed by atoms with Crippen LogP contribution in [0.4, 0.5) is 0 Å². The number of fused-ring (bicyclic) bond motifs is 3. The minimum Gasteiger partial charge on any atom is -0.503 e. The van der Waals surface area contributed by atoms with Crippen molar-refractivity contribution in [2.75, 3.05) is 0 Å². The Hall–Kier alpha value is -4.47. The summed E-state index contributed by atoms with van der Waals surface area (Å²) < 4.78 is 10.4. The zero-order valence-electron chi connectivity index (χ0n) is 20.1. The Morgan fingerprint density at radius 3 is 2.32 bits per heavy atom. The first-order valence-electron chi connectivity index (χ1n) is 12.0. The van der Waals surface area contributed by atoms with Gasteiger partial charge in [-0.05, 0) is 35.7 Å². The molecule has 0 aliphatic rings. The molecule has 0 amide bonds. The quantitative estimate of drug-likeness (QED) is 0.179. The molecule has 0 radical (unpaired) electrons. The molecule has 0 spiro atoms. The monoisotopic (exact) mass is 671 g/mol. The van der Waals surface area contributed by atoms with Crippen molar-refractivity contribution in [1.29, 1.82) is 0 Å². The number of benzene rings is 4. The molecule has 6 heteroatoms. The summed E-state index contributed by atoms with van der Waals surface area (Å²) in [5, 5.41) is 2.24. The van der Waals surface area contributed by atoms with Gasteiger partial charge in [-0.15, -0.1) is 41.3 Å². The number of hydrogen-bond acceptors (Lipinski definition) is 3. The smallest absolute Gasteiger partial charge is 0.503 e. The molecule has 38 heavy (non-hydrogen) atoms. The van der Waals surface area contributed by atoms with Crippen molar-refractivity contribution in [3.05, 3.63) is 134 Å². The van der Waals surface area contributed by atoms with Gasteiger partial charge in [-0.1, -0.05) is 54.0 Å². The first kappa shape index (κ1) is 23.9. The summed E-state index contributed by atoms with van der Waals surface area (Å²) in [7, 11) is 0. The predicted octanol–water partition coefficient (Wildman–Crippen LogP) is 7.42. The Labute approximate surface area is 234 Å². The molecule has 0 fully saturated rings. The van der Waals surface area contributed by atoms with Gasteiger partial charge < -0.3 is 13.9 Å². The molecule has 0 saturated heterocycles. The second-order valence-corrected chi connectivity index (χ2v) is 8.61. The predicted molar refractivity (Wildman–Crippen MR) is 145 cm³/mol. The molecule has 7 rings (SSSR count). The maximum Gasteiger partial charge on any atom is 2.00 e. The summed E-state index contributed by atoms with van der Waals surface area (Å²) in [4.78, 5) is 9.17. The van der Waals surface area contributed by atoms with Crippen LogP contribution in [0.3, 0.4) is 0 Å². The minimum absolute atomic E-state index is 0. The molecule has 0 unspecified atom stereocenters. The second-order valence-electron chi connectivity index (χ2n) is 8.61. The first-order chi connectivity index (χ1) is 18.3. The minimum atomic E-state index is 0. The molecule has 0 N–H and O–H groups in total. The van der Waals surface area contributed by atoms with E-state index in [2.05, 4.69) is 63.1 Å². The number of pyridine rings is 1. The van der Waals surface area contributed by atoms with Crippen molar-refractivity contribution in [3.63, 3.8) is 0 Å². The van der Waals surface area contributed by atoms with Gasteiger partial charge in [0.25, 0.3) is 0 Å². The van der Waals surface area contributed by atoms with Crippen molar-refractivity contribution in [2.24, 2.45) is 0 Å². The summed E-state index contributed by atoms with van der Waals surface area (Å²) >= 11 is 0. The van der Waals surface area contributed by atoms with Crippen LogP contribution in [0.5, 0.6) is 11.5 Å². The Bertz CT molecular complexity index is 1860. The largest absolute Gasteiger partial charge is 2.00 e. The molecule has 0 aliphatic carbocycles. The number of aromatic nitrogens is 4. The molecule has 3 aromatic heterocycles. The van der Waals surface area contributed by atoms with Crippen LogP contribution >= 0.6 is 0 Å². The van der Waals surface area contributed by atoms with E-state index >= 15 is 0 Å². The Balaban J connectivity index is 0.00000264. The SMILES string of the molecule is [Pt+2].[c-]1c(Oc2[c-]c3c(cc2)c2ccccc2n3-c2ccccn2)cccc1-c1nccn1-c1ccccc1. The van der Waals surface area contributed by atoms with E-state index in [1.807, 2.05) is 77.5 Å². The van der Waals surface area contributed by atoms with Crippen LogP contribution in [0.15, 0.2) is 122 Å². The first-order valence-corrected chi connectivity index (χ1v) is 12.0. The Morgan fingerprint density at radius 1 is 0.632 bits per heavy atom. The number of rotatable bonds is 5. The van der Waals surface area contributed by atoms with Gasteiger partial charge in [0.1, 0.15) is 5.82 Å². The average Bonchev–Trinajstić information content (AvgIpc) is 3.57. The van der Waals surface area contributed by atoms with Crippen molar-refractivity contribution >= 4 is 21.8 Å². The van der Waals surface area contributed by atoms with E-state index < -0.39 is 0 Å². The summed E-state index contributed by atoms with van der Waals surface area (Å²) in [6, 6.07) is 41.1. The molecule has 3 heterocycles. The summed E-state index contributed by atoms with van der Waals surface area (Å²) in [6.45, 7) is 0. The fraction of sp³-hybridized carbons (Fsp3) is 0. The van der Waals surface area contributed by atoms with Crippen LogP contribution in [0.25, 0.3) is 44.7 Å². The van der Waals surface area contributed by atoms with Gasteiger partial charge in [0.05, 0.1) is 5.82 Å². The van der Waals surface area contributed by atoms with E-state index in [-0.39, 0.29) is 21.1 Å². The van der Waals surface area contributed by atoms with Crippen LogP contribution in [-0.2, 0) is 21.1 Å². The van der Waals surface area contributed by atoms with Crippen LogP contribution in [0.2, 0.25) is 0 Å². The zero-order valence-corrected chi connectivity index (χ0v) is 22.3. The third-order valence-corrected chi connectivity index (χ3v) is 6.34. The fourth-order valence-corrected chi connectivity index (χ4v) is 4.71. The fourth-order valence-electron chi connectivity index (χ4n) is 4.71. The van der Waals surface area contributed by atoms with E-state index in [4.69, 9.17) is 4.74 Å². The standard InChI is InChI=1S/C32H20N4O.Pt/c1-2-10-24(11-3-1)35-20-19-34-32(35)23-9-8-12-25(21-23)37-26-16-17-28-27-13-4-5-14-29(27)36(30(28)22-26)31-15-6-7-18-33-31;/h1-20H;/q-2;+2. The van der Waals surface area contributed by atoms with E-state index in [0.717, 1.165) is 44.7 Å². The Morgan fingerprint density at radius 2 is 1.45 bits per heavy atom. The molecular formula is C32H20N4OPt. The van der Waals surface area contributed by atoms with Gasteiger partial charge in [-0.25, -0.2) is 4.98 Å².